The van der Waals surface area contributed by atoms with Gasteiger partial charge in [-0.2, -0.15) is 4.39 Å². The summed E-state index contributed by atoms with van der Waals surface area (Å²) in [6, 6.07) is 1.40. The van der Waals surface area contributed by atoms with E-state index in [0.29, 0.717) is 32.1 Å². The van der Waals surface area contributed by atoms with Gasteiger partial charge in [-0.1, -0.05) is 0 Å². The highest BCUT2D eigenvalue weighted by Gasteiger charge is 2.21. The summed E-state index contributed by atoms with van der Waals surface area (Å²) in [5.41, 5.74) is -0.777. The third-order valence-electron chi connectivity index (χ3n) is 2.81. The Morgan fingerprint density at radius 3 is 2.56 bits per heavy atom. The third kappa shape index (κ3) is 2.73. The molecule has 18 heavy (non-hydrogen) atoms. The van der Waals surface area contributed by atoms with Gasteiger partial charge in [0.15, 0.2) is 0 Å². The highest BCUT2D eigenvalue weighted by molar-refractivity contribution is 5.53. The molecule has 0 aliphatic carbocycles. The molecule has 7 heteroatoms. The van der Waals surface area contributed by atoms with Gasteiger partial charge in [-0.25, -0.2) is 4.39 Å². The first-order valence-electron chi connectivity index (χ1n) is 5.55. The zero-order valence-corrected chi connectivity index (χ0v) is 9.49. The van der Waals surface area contributed by atoms with Crippen molar-refractivity contribution in [1.82, 2.24) is 0 Å². The largest absolute Gasteiger partial charge is 0.381 e. The molecule has 1 aliphatic rings. The zero-order chi connectivity index (χ0) is 13.1. The summed E-state index contributed by atoms with van der Waals surface area (Å²) < 4.78 is 31.8. The van der Waals surface area contributed by atoms with E-state index >= 15 is 0 Å². The van der Waals surface area contributed by atoms with Crippen LogP contribution in [-0.2, 0) is 4.74 Å². The van der Waals surface area contributed by atoms with Crippen molar-refractivity contribution in [3.63, 3.8) is 0 Å². The first-order valence-corrected chi connectivity index (χ1v) is 5.55. The maximum absolute atomic E-state index is 13.5. The molecular weight excluding hydrogens is 246 g/mol. The predicted molar refractivity (Wildman–Crippen MR) is 60.5 cm³/mol. The summed E-state index contributed by atoms with van der Waals surface area (Å²) in [5.74, 6) is -2.00. The zero-order valence-electron chi connectivity index (χ0n) is 9.49. The summed E-state index contributed by atoms with van der Waals surface area (Å²) in [7, 11) is 0. The molecular formula is C11H12F2N2O3. The van der Waals surface area contributed by atoms with E-state index < -0.39 is 22.2 Å². The molecule has 1 fully saturated rings. The minimum atomic E-state index is -1.17. The van der Waals surface area contributed by atoms with E-state index in [0.717, 1.165) is 6.07 Å². The van der Waals surface area contributed by atoms with Gasteiger partial charge in [0.05, 0.1) is 10.6 Å². The number of anilines is 1. The number of rotatable bonds is 3. The summed E-state index contributed by atoms with van der Waals surface area (Å²) in [5, 5.41) is 13.4. The van der Waals surface area contributed by atoms with Gasteiger partial charge >= 0.3 is 5.69 Å². The Labute approximate surface area is 102 Å². The normalized spacial score (nSPS) is 16.6. The molecule has 1 aromatic carbocycles. The van der Waals surface area contributed by atoms with E-state index in [1.807, 2.05) is 0 Å². The molecule has 0 bridgehead atoms. The van der Waals surface area contributed by atoms with Crippen LogP contribution in [-0.4, -0.2) is 24.2 Å². The summed E-state index contributed by atoms with van der Waals surface area (Å²) in [4.78, 5) is 9.70. The Kier molecular flexibility index (Phi) is 3.71. The molecule has 1 aromatic rings. The number of nitro benzene ring substituents is 1. The van der Waals surface area contributed by atoms with E-state index in [2.05, 4.69) is 5.32 Å². The molecule has 98 valence electrons. The fraction of sp³-hybridized carbons (Fsp3) is 0.455. The number of nitrogens with zero attached hydrogens (tertiary/aromatic N) is 1. The van der Waals surface area contributed by atoms with Gasteiger partial charge < -0.3 is 10.1 Å². The predicted octanol–water partition coefficient (Wildman–Crippen LogP) is 2.46. The van der Waals surface area contributed by atoms with E-state index in [-0.39, 0.29) is 11.7 Å². The SMILES string of the molecule is O=[N+]([O-])c1cc(NC2CCOCC2)c(F)cc1F. The first-order chi connectivity index (χ1) is 8.58. The van der Waals surface area contributed by atoms with Crippen molar-refractivity contribution in [2.45, 2.75) is 18.9 Å². The second-order valence-corrected chi connectivity index (χ2v) is 4.07. The molecule has 0 unspecified atom stereocenters. The molecule has 0 radical (unpaired) electrons. The molecule has 0 saturated carbocycles. The maximum Gasteiger partial charge on any atom is 0.307 e. The van der Waals surface area contributed by atoms with Crippen LogP contribution >= 0.6 is 0 Å². The molecule has 0 amide bonds. The lowest BCUT2D eigenvalue weighted by Crippen LogP contribution is -2.28. The lowest BCUT2D eigenvalue weighted by molar-refractivity contribution is -0.387. The van der Waals surface area contributed by atoms with Crippen molar-refractivity contribution in [2.24, 2.45) is 0 Å². The van der Waals surface area contributed by atoms with Crippen LogP contribution < -0.4 is 5.32 Å². The number of hydrogen-bond acceptors (Lipinski definition) is 4. The molecule has 0 atom stereocenters. The Morgan fingerprint density at radius 2 is 1.94 bits per heavy atom. The van der Waals surface area contributed by atoms with Crippen LogP contribution in [0.4, 0.5) is 20.2 Å². The fourth-order valence-electron chi connectivity index (χ4n) is 1.85. The number of ether oxygens (including phenoxy) is 1. The first kappa shape index (κ1) is 12.7. The molecule has 0 spiro atoms. The Morgan fingerprint density at radius 1 is 1.28 bits per heavy atom. The van der Waals surface area contributed by atoms with Crippen LogP contribution in [0, 0.1) is 21.7 Å². The third-order valence-corrected chi connectivity index (χ3v) is 2.81. The molecule has 2 rings (SSSR count). The van der Waals surface area contributed by atoms with Gasteiger partial charge in [-0.15, -0.1) is 0 Å². The van der Waals surface area contributed by atoms with Crippen LogP contribution in [0.25, 0.3) is 0 Å². The maximum atomic E-state index is 13.5. The van der Waals surface area contributed by atoms with Crippen LogP contribution in [0.5, 0.6) is 0 Å². The topological polar surface area (TPSA) is 64.4 Å². The van der Waals surface area contributed by atoms with Gasteiger partial charge in [-0.3, -0.25) is 10.1 Å². The minimum absolute atomic E-state index is 0.0154. The highest BCUT2D eigenvalue weighted by Crippen LogP contribution is 2.26. The van der Waals surface area contributed by atoms with Gasteiger partial charge in [0.2, 0.25) is 5.82 Å². The summed E-state index contributed by atoms with van der Waals surface area (Å²) in [6.07, 6.45) is 1.37. The standard InChI is InChI=1S/C11H12F2N2O3/c12-8-5-9(13)11(15(16)17)6-10(8)14-7-1-3-18-4-2-7/h5-7,14H,1-4H2. The second-order valence-electron chi connectivity index (χ2n) is 4.07. The van der Waals surface area contributed by atoms with E-state index in [9.17, 15) is 18.9 Å². The average Bonchev–Trinajstić information content (AvgIpc) is 2.33. The van der Waals surface area contributed by atoms with Gasteiger partial charge in [0.25, 0.3) is 0 Å². The quantitative estimate of drug-likeness (QED) is 0.668. The lowest BCUT2D eigenvalue weighted by atomic mass is 10.1. The van der Waals surface area contributed by atoms with Crippen LogP contribution in [0.1, 0.15) is 12.8 Å². The smallest absolute Gasteiger partial charge is 0.307 e. The average molecular weight is 258 g/mol. The number of nitrogens with one attached hydrogen (secondary N) is 1. The summed E-state index contributed by atoms with van der Waals surface area (Å²) in [6.45, 7) is 1.12. The number of hydrogen-bond donors (Lipinski definition) is 1. The summed E-state index contributed by atoms with van der Waals surface area (Å²) >= 11 is 0. The van der Waals surface area contributed by atoms with Crippen molar-refractivity contribution in [1.29, 1.82) is 0 Å². The minimum Gasteiger partial charge on any atom is -0.381 e. The van der Waals surface area contributed by atoms with E-state index in [1.54, 1.807) is 0 Å². The van der Waals surface area contributed by atoms with E-state index in [1.165, 1.54) is 0 Å². The van der Waals surface area contributed by atoms with Gasteiger partial charge in [0, 0.05) is 31.4 Å². The molecule has 1 N–H and O–H groups in total. The molecule has 5 nitrogen and oxygen atoms in total. The molecule has 1 aliphatic heterocycles. The van der Waals surface area contributed by atoms with E-state index in [4.69, 9.17) is 4.74 Å². The van der Waals surface area contributed by atoms with Crippen LogP contribution in [0.3, 0.4) is 0 Å². The fourth-order valence-corrected chi connectivity index (χ4v) is 1.85. The number of halogens is 2. The van der Waals surface area contributed by atoms with Crippen LogP contribution in [0.2, 0.25) is 0 Å². The van der Waals surface area contributed by atoms with Gasteiger partial charge in [-0.05, 0) is 12.8 Å². The number of nitro groups is 1. The van der Waals surface area contributed by atoms with Crippen molar-refractivity contribution in [2.75, 3.05) is 18.5 Å². The lowest BCUT2D eigenvalue weighted by Gasteiger charge is -2.24. The van der Waals surface area contributed by atoms with Crippen molar-refractivity contribution >= 4 is 11.4 Å². The van der Waals surface area contributed by atoms with Crippen molar-refractivity contribution < 1.29 is 18.4 Å². The molecule has 1 heterocycles. The number of benzene rings is 1. The Balaban J connectivity index is 2.21. The van der Waals surface area contributed by atoms with Crippen molar-refractivity contribution in [3.8, 4) is 0 Å². The van der Waals surface area contributed by atoms with Crippen molar-refractivity contribution in [3.05, 3.63) is 33.9 Å². The Hall–Kier alpha value is -1.76. The highest BCUT2D eigenvalue weighted by atomic mass is 19.1. The van der Waals surface area contributed by atoms with Gasteiger partial charge in [0.1, 0.15) is 5.82 Å². The second kappa shape index (κ2) is 5.26. The molecule has 0 aromatic heterocycles. The molecule has 1 saturated heterocycles. The van der Waals surface area contributed by atoms with Crippen LogP contribution in [0.15, 0.2) is 12.1 Å². The monoisotopic (exact) mass is 258 g/mol. The Bertz CT molecular complexity index is 462.